The third-order valence-electron chi connectivity index (χ3n) is 2.90. The molecular formula is C14H15N3O2. The topological polar surface area (TPSA) is 70.3 Å². The highest BCUT2D eigenvalue weighted by molar-refractivity contribution is 5.65. The maximum absolute atomic E-state index is 5.75. The van der Waals surface area contributed by atoms with E-state index >= 15 is 0 Å². The number of nitrogen functional groups attached to an aromatic ring is 1. The number of benzene rings is 1. The van der Waals surface area contributed by atoms with Crippen LogP contribution in [0.25, 0.3) is 11.3 Å². The van der Waals surface area contributed by atoms with Crippen LogP contribution < -0.4 is 15.2 Å². The van der Waals surface area contributed by atoms with Crippen LogP contribution in [-0.4, -0.2) is 23.2 Å². The number of anilines is 1. The van der Waals surface area contributed by atoms with Crippen molar-refractivity contribution in [2.75, 3.05) is 18.9 Å². The molecule has 2 N–H and O–H groups in total. The minimum Gasteiger partial charge on any atom is -0.490 e. The molecule has 0 radical (unpaired) electrons. The van der Waals surface area contributed by atoms with Crippen LogP contribution in [-0.2, 0) is 0 Å². The first-order valence-electron chi connectivity index (χ1n) is 6.23. The van der Waals surface area contributed by atoms with Crippen molar-refractivity contribution in [2.24, 2.45) is 0 Å². The van der Waals surface area contributed by atoms with Gasteiger partial charge in [0, 0.05) is 18.1 Å². The molecule has 5 heteroatoms. The fourth-order valence-electron chi connectivity index (χ4n) is 2.06. The van der Waals surface area contributed by atoms with Gasteiger partial charge in [-0.3, -0.25) is 0 Å². The first-order chi connectivity index (χ1) is 9.22. The summed E-state index contributed by atoms with van der Waals surface area (Å²) in [5.41, 5.74) is 7.49. The molecule has 0 spiro atoms. The molecule has 5 nitrogen and oxygen atoms in total. The molecule has 0 amide bonds. The van der Waals surface area contributed by atoms with E-state index < -0.39 is 0 Å². The summed E-state index contributed by atoms with van der Waals surface area (Å²) in [7, 11) is 0. The summed E-state index contributed by atoms with van der Waals surface area (Å²) in [6, 6.07) is 7.55. The van der Waals surface area contributed by atoms with Crippen molar-refractivity contribution in [1.29, 1.82) is 0 Å². The highest BCUT2D eigenvalue weighted by Gasteiger charge is 2.12. The van der Waals surface area contributed by atoms with Crippen LogP contribution in [0.15, 0.2) is 24.3 Å². The molecule has 0 saturated heterocycles. The number of ether oxygens (including phenoxy) is 2. The fraction of sp³-hybridized carbons (Fsp3) is 0.286. The Hall–Kier alpha value is -2.30. The van der Waals surface area contributed by atoms with Gasteiger partial charge >= 0.3 is 0 Å². The molecule has 0 bridgehead atoms. The molecule has 2 aromatic rings. The van der Waals surface area contributed by atoms with Crippen molar-refractivity contribution in [3.63, 3.8) is 0 Å². The van der Waals surface area contributed by atoms with E-state index in [2.05, 4.69) is 9.97 Å². The maximum Gasteiger partial charge on any atom is 0.161 e. The Morgan fingerprint density at radius 2 is 1.84 bits per heavy atom. The van der Waals surface area contributed by atoms with Crippen molar-refractivity contribution in [2.45, 2.75) is 13.3 Å². The molecule has 1 aromatic heterocycles. The normalized spacial score (nSPS) is 13.9. The van der Waals surface area contributed by atoms with Gasteiger partial charge in [0.2, 0.25) is 0 Å². The summed E-state index contributed by atoms with van der Waals surface area (Å²) in [4.78, 5) is 8.46. The lowest BCUT2D eigenvalue weighted by atomic mass is 10.1. The summed E-state index contributed by atoms with van der Waals surface area (Å²) in [5, 5.41) is 0. The van der Waals surface area contributed by atoms with Gasteiger partial charge < -0.3 is 15.2 Å². The van der Waals surface area contributed by atoms with Crippen LogP contribution in [0, 0.1) is 6.92 Å². The van der Waals surface area contributed by atoms with Crippen LogP contribution in [0.5, 0.6) is 11.5 Å². The average Bonchev–Trinajstić information content (AvgIpc) is 2.61. The molecule has 2 heterocycles. The van der Waals surface area contributed by atoms with E-state index in [4.69, 9.17) is 15.2 Å². The lowest BCUT2D eigenvalue weighted by Gasteiger charge is -2.09. The molecule has 0 atom stereocenters. The summed E-state index contributed by atoms with van der Waals surface area (Å²) >= 11 is 0. The summed E-state index contributed by atoms with van der Waals surface area (Å²) in [6.07, 6.45) is 0.892. The van der Waals surface area contributed by atoms with Crippen molar-refractivity contribution in [1.82, 2.24) is 9.97 Å². The number of aromatic nitrogens is 2. The average molecular weight is 257 g/mol. The molecular weight excluding hydrogens is 242 g/mol. The van der Waals surface area contributed by atoms with E-state index in [1.165, 1.54) is 0 Å². The van der Waals surface area contributed by atoms with Crippen molar-refractivity contribution >= 4 is 5.82 Å². The van der Waals surface area contributed by atoms with Crippen LogP contribution in [0.3, 0.4) is 0 Å². The quantitative estimate of drug-likeness (QED) is 0.848. The molecule has 0 aliphatic carbocycles. The summed E-state index contributed by atoms with van der Waals surface area (Å²) in [6.45, 7) is 3.18. The smallest absolute Gasteiger partial charge is 0.161 e. The Bertz CT molecular complexity index is 593. The van der Waals surface area contributed by atoms with Crippen LogP contribution in [0.2, 0.25) is 0 Å². The monoisotopic (exact) mass is 257 g/mol. The number of hydrogen-bond donors (Lipinski definition) is 1. The van der Waals surface area contributed by atoms with E-state index in [9.17, 15) is 0 Å². The van der Waals surface area contributed by atoms with Crippen LogP contribution in [0.4, 0.5) is 5.82 Å². The lowest BCUT2D eigenvalue weighted by Crippen LogP contribution is -1.98. The predicted octanol–water partition coefficient (Wildman–Crippen LogP) is 2.20. The predicted molar refractivity (Wildman–Crippen MR) is 72.2 cm³/mol. The summed E-state index contributed by atoms with van der Waals surface area (Å²) in [5.74, 6) is 2.65. The highest BCUT2D eigenvalue weighted by atomic mass is 16.5. The molecule has 0 unspecified atom stereocenters. The van der Waals surface area contributed by atoms with Gasteiger partial charge in [0.05, 0.1) is 18.9 Å². The van der Waals surface area contributed by atoms with Crippen molar-refractivity contribution in [3.05, 3.63) is 30.1 Å². The van der Waals surface area contributed by atoms with Crippen molar-refractivity contribution < 1.29 is 9.47 Å². The lowest BCUT2D eigenvalue weighted by molar-refractivity contribution is 0.297. The zero-order valence-corrected chi connectivity index (χ0v) is 10.7. The Labute approximate surface area is 111 Å². The standard InChI is InChI=1S/C14H15N3O2/c1-9-16-11(8-14(15)17-9)10-3-4-12-13(7-10)19-6-2-5-18-12/h3-4,7-8H,2,5-6H2,1H3,(H2,15,16,17). The molecule has 98 valence electrons. The first kappa shape index (κ1) is 11.8. The number of rotatable bonds is 1. The fourth-order valence-corrected chi connectivity index (χ4v) is 2.06. The second kappa shape index (κ2) is 4.76. The van der Waals surface area contributed by atoms with Crippen LogP contribution in [0.1, 0.15) is 12.2 Å². The Morgan fingerprint density at radius 1 is 1.05 bits per heavy atom. The number of fused-ring (bicyclic) bond motifs is 1. The van der Waals surface area contributed by atoms with Gasteiger partial charge in [0.15, 0.2) is 11.5 Å². The SMILES string of the molecule is Cc1nc(N)cc(-c2ccc3c(c2)OCCCO3)n1. The maximum atomic E-state index is 5.75. The van der Waals surface area contributed by atoms with Crippen LogP contribution >= 0.6 is 0 Å². The van der Waals surface area contributed by atoms with E-state index in [0.717, 1.165) is 29.2 Å². The molecule has 1 aliphatic heterocycles. The van der Waals surface area contributed by atoms with Gasteiger partial charge in [-0.05, 0) is 25.1 Å². The first-order valence-corrected chi connectivity index (χ1v) is 6.23. The number of nitrogens with zero attached hydrogens (tertiary/aromatic N) is 2. The summed E-state index contributed by atoms with van der Waals surface area (Å²) < 4.78 is 11.3. The molecule has 0 fully saturated rings. The molecule has 19 heavy (non-hydrogen) atoms. The van der Waals surface area contributed by atoms with Gasteiger partial charge in [-0.2, -0.15) is 0 Å². The highest BCUT2D eigenvalue weighted by Crippen LogP contribution is 2.33. The van der Waals surface area contributed by atoms with Gasteiger partial charge in [0.1, 0.15) is 11.6 Å². The van der Waals surface area contributed by atoms with Crippen molar-refractivity contribution in [3.8, 4) is 22.8 Å². The number of nitrogens with two attached hydrogens (primary N) is 1. The zero-order valence-electron chi connectivity index (χ0n) is 10.7. The third-order valence-corrected chi connectivity index (χ3v) is 2.90. The Balaban J connectivity index is 2.03. The Morgan fingerprint density at radius 3 is 2.63 bits per heavy atom. The van der Waals surface area contributed by atoms with Gasteiger partial charge in [-0.25, -0.2) is 9.97 Å². The minimum absolute atomic E-state index is 0.467. The number of hydrogen-bond acceptors (Lipinski definition) is 5. The van der Waals surface area contributed by atoms with Gasteiger partial charge in [0.25, 0.3) is 0 Å². The van der Waals surface area contributed by atoms with E-state index in [-0.39, 0.29) is 0 Å². The second-order valence-corrected chi connectivity index (χ2v) is 4.44. The number of aryl methyl sites for hydroxylation is 1. The molecule has 1 aromatic carbocycles. The third kappa shape index (κ3) is 2.45. The molecule has 1 aliphatic rings. The molecule has 0 saturated carbocycles. The second-order valence-electron chi connectivity index (χ2n) is 4.44. The van der Waals surface area contributed by atoms with E-state index in [1.54, 1.807) is 6.07 Å². The largest absolute Gasteiger partial charge is 0.490 e. The van der Waals surface area contributed by atoms with Gasteiger partial charge in [-0.1, -0.05) is 0 Å². The Kier molecular flexibility index (Phi) is 2.95. The molecule has 3 rings (SSSR count). The van der Waals surface area contributed by atoms with Gasteiger partial charge in [-0.15, -0.1) is 0 Å². The minimum atomic E-state index is 0.467. The van der Waals surface area contributed by atoms with E-state index in [0.29, 0.717) is 24.9 Å². The zero-order chi connectivity index (χ0) is 13.2. The van der Waals surface area contributed by atoms with E-state index in [1.807, 2.05) is 25.1 Å².